The molecule has 0 saturated heterocycles. The van der Waals surface area contributed by atoms with Crippen molar-refractivity contribution in [1.29, 1.82) is 0 Å². The van der Waals surface area contributed by atoms with Crippen LogP contribution in [0.2, 0.25) is 0 Å². The molecule has 0 aromatic heterocycles. The monoisotopic (exact) mass is 261 g/mol. The normalized spacial score (nSPS) is 15.1. The molecule has 2 amide bonds. The molecule has 1 heterocycles. The summed E-state index contributed by atoms with van der Waals surface area (Å²) in [7, 11) is 0. The number of amides is 2. The molecular weight excluding hydrogens is 242 g/mol. The van der Waals surface area contributed by atoms with Gasteiger partial charge in [-0.25, -0.2) is 0 Å². The quantitative estimate of drug-likeness (QED) is 0.843. The SMILES string of the molecule is Cc1ccc2c(c1)C(=O)N(CC(C)(C)CCO)C2=O. The number of hydrogen-bond donors (Lipinski definition) is 1. The summed E-state index contributed by atoms with van der Waals surface area (Å²) >= 11 is 0. The first-order chi connectivity index (χ1) is 8.85. The standard InChI is InChI=1S/C15H19NO3/c1-10-4-5-11-12(8-10)14(19)16(13(11)18)9-15(2,3)6-7-17/h4-5,8,17H,6-7,9H2,1-3H3. The van der Waals surface area contributed by atoms with Crippen molar-refractivity contribution in [3.05, 3.63) is 34.9 Å². The molecule has 1 aliphatic rings. The fraction of sp³-hybridized carbons (Fsp3) is 0.467. The van der Waals surface area contributed by atoms with Gasteiger partial charge >= 0.3 is 0 Å². The van der Waals surface area contributed by atoms with Gasteiger partial charge in [0.2, 0.25) is 0 Å². The molecule has 0 bridgehead atoms. The Morgan fingerprint density at radius 3 is 2.42 bits per heavy atom. The van der Waals surface area contributed by atoms with Crippen LogP contribution in [-0.2, 0) is 0 Å². The van der Waals surface area contributed by atoms with E-state index < -0.39 is 0 Å². The van der Waals surface area contributed by atoms with E-state index in [4.69, 9.17) is 5.11 Å². The Morgan fingerprint density at radius 2 is 1.79 bits per heavy atom. The third-order valence-electron chi connectivity index (χ3n) is 3.50. The molecule has 1 aliphatic heterocycles. The van der Waals surface area contributed by atoms with E-state index in [1.54, 1.807) is 12.1 Å². The highest BCUT2D eigenvalue weighted by Crippen LogP contribution is 2.29. The Bertz CT molecular complexity index is 534. The van der Waals surface area contributed by atoms with Crippen LogP contribution in [0.3, 0.4) is 0 Å². The average Bonchev–Trinajstić information content (AvgIpc) is 2.54. The minimum Gasteiger partial charge on any atom is -0.396 e. The van der Waals surface area contributed by atoms with Crippen molar-refractivity contribution in [2.24, 2.45) is 5.41 Å². The zero-order valence-electron chi connectivity index (χ0n) is 11.6. The van der Waals surface area contributed by atoms with Crippen molar-refractivity contribution in [1.82, 2.24) is 4.90 Å². The summed E-state index contributed by atoms with van der Waals surface area (Å²) in [5.74, 6) is -0.458. The van der Waals surface area contributed by atoms with E-state index >= 15 is 0 Å². The van der Waals surface area contributed by atoms with Gasteiger partial charge in [-0.3, -0.25) is 14.5 Å². The molecule has 0 aliphatic carbocycles. The van der Waals surface area contributed by atoms with Gasteiger partial charge in [-0.05, 0) is 30.9 Å². The van der Waals surface area contributed by atoms with Crippen molar-refractivity contribution in [2.45, 2.75) is 27.2 Å². The van der Waals surface area contributed by atoms with Gasteiger partial charge in [0.15, 0.2) is 0 Å². The van der Waals surface area contributed by atoms with Crippen LogP contribution in [0.5, 0.6) is 0 Å². The summed E-state index contributed by atoms with van der Waals surface area (Å²) in [6.45, 7) is 6.17. The summed E-state index contributed by atoms with van der Waals surface area (Å²) in [5, 5.41) is 9.03. The van der Waals surface area contributed by atoms with E-state index in [0.717, 1.165) is 5.56 Å². The molecule has 0 unspecified atom stereocenters. The van der Waals surface area contributed by atoms with Crippen LogP contribution >= 0.6 is 0 Å². The molecular formula is C15H19NO3. The molecule has 0 saturated carbocycles. The van der Waals surface area contributed by atoms with Crippen LogP contribution < -0.4 is 0 Å². The third kappa shape index (κ3) is 2.54. The zero-order valence-corrected chi connectivity index (χ0v) is 11.6. The fourth-order valence-electron chi connectivity index (χ4n) is 2.36. The van der Waals surface area contributed by atoms with Crippen molar-refractivity contribution in [2.75, 3.05) is 13.2 Å². The summed E-state index contributed by atoms with van der Waals surface area (Å²) in [4.78, 5) is 25.8. The zero-order chi connectivity index (χ0) is 14.2. The van der Waals surface area contributed by atoms with E-state index in [1.165, 1.54) is 4.90 Å². The maximum atomic E-state index is 12.3. The smallest absolute Gasteiger partial charge is 0.261 e. The number of nitrogens with zero attached hydrogens (tertiary/aromatic N) is 1. The van der Waals surface area contributed by atoms with E-state index in [9.17, 15) is 9.59 Å². The second-order valence-corrected chi connectivity index (χ2v) is 5.88. The Balaban J connectivity index is 2.28. The predicted molar refractivity (Wildman–Crippen MR) is 72.0 cm³/mol. The molecule has 19 heavy (non-hydrogen) atoms. The maximum Gasteiger partial charge on any atom is 0.261 e. The average molecular weight is 261 g/mol. The second-order valence-electron chi connectivity index (χ2n) is 5.88. The maximum absolute atomic E-state index is 12.3. The number of fused-ring (bicyclic) bond motifs is 1. The van der Waals surface area contributed by atoms with Crippen LogP contribution in [0.1, 0.15) is 46.5 Å². The van der Waals surface area contributed by atoms with Crippen LogP contribution in [0.15, 0.2) is 18.2 Å². The highest BCUT2D eigenvalue weighted by Gasteiger charge is 2.38. The Labute approximate surface area is 113 Å². The van der Waals surface area contributed by atoms with Gasteiger partial charge in [-0.2, -0.15) is 0 Å². The highest BCUT2D eigenvalue weighted by atomic mass is 16.3. The molecule has 4 heteroatoms. The summed E-state index contributed by atoms with van der Waals surface area (Å²) in [6, 6.07) is 5.31. The van der Waals surface area contributed by atoms with Gasteiger partial charge in [0.1, 0.15) is 0 Å². The summed E-state index contributed by atoms with van der Waals surface area (Å²) < 4.78 is 0. The van der Waals surface area contributed by atoms with E-state index in [2.05, 4.69) is 0 Å². The molecule has 2 rings (SSSR count). The number of imide groups is 1. The van der Waals surface area contributed by atoms with Crippen molar-refractivity contribution < 1.29 is 14.7 Å². The Morgan fingerprint density at radius 1 is 1.16 bits per heavy atom. The van der Waals surface area contributed by atoms with Gasteiger partial charge in [-0.15, -0.1) is 0 Å². The molecule has 0 spiro atoms. The van der Waals surface area contributed by atoms with Crippen molar-refractivity contribution >= 4 is 11.8 Å². The molecule has 1 aromatic carbocycles. The molecule has 1 N–H and O–H groups in total. The lowest BCUT2D eigenvalue weighted by Gasteiger charge is -2.28. The number of benzene rings is 1. The minimum absolute atomic E-state index is 0.0509. The van der Waals surface area contributed by atoms with Gasteiger partial charge in [-0.1, -0.05) is 25.5 Å². The largest absolute Gasteiger partial charge is 0.396 e. The highest BCUT2D eigenvalue weighted by molar-refractivity contribution is 6.21. The molecule has 102 valence electrons. The number of aliphatic hydroxyl groups is 1. The molecule has 0 atom stereocenters. The second kappa shape index (κ2) is 4.78. The summed E-state index contributed by atoms with van der Waals surface area (Å²) in [6.07, 6.45) is 0.555. The number of aryl methyl sites for hydroxylation is 1. The summed E-state index contributed by atoms with van der Waals surface area (Å²) in [5.41, 5.74) is 1.66. The van der Waals surface area contributed by atoms with Crippen LogP contribution in [0.4, 0.5) is 0 Å². The van der Waals surface area contributed by atoms with Gasteiger partial charge in [0.05, 0.1) is 11.1 Å². The first kappa shape index (κ1) is 13.7. The number of hydrogen-bond acceptors (Lipinski definition) is 3. The van der Waals surface area contributed by atoms with Crippen LogP contribution in [-0.4, -0.2) is 35.0 Å². The number of rotatable bonds is 4. The van der Waals surface area contributed by atoms with Gasteiger partial charge in [0, 0.05) is 13.2 Å². The molecule has 4 nitrogen and oxygen atoms in total. The van der Waals surface area contributed by atoms with Crippen LogP contribution in [0, 0.1) is 12.3 Å². The molecule has 0 fully saturated rings. The van der Waals surface area contributed by atoms with Crippen molar-refractivity contribution in [3.8, 4) is 0 Å². The van der Waals surface area contributed by atoms with E-state index in [1.807, 2.05) is 26.8 Å². The predicted octanol–water partition coefficient (Wildman–Crippen LogP) is 2.00. The van der Waals surface area contributed by atoms with E-state index in [-0.39, 0.29) is 23.8 Å². The van der Waals surface area contributed by atoms with E-state index in [0.29, 0.717) is 24.1 Å². The first-order valence-corrected chi connectivity index (χ1v) is 6.43. The number of carbonyl (C=O) groups is 2. The number of aliphatic hydroxyl groups excluding tert-OH is 1. The Kier molecular flexibility index (Phi) is 3.45. The lowest BCUT2D eigenvalue weighted by molar-refractivity contribution is 0.0568. The van der Waals surface area contributed by atoms with Crippen molar-refractivity contribution in [3.63, 3.8) is 0 Å². The Hall–Kier alpha value is -1.68. The lowest BCUT2D eigenvalue weighted by Crippen LogP contribution is -2.38. The third-order valence-corrected chi connectivity index (χ3v) is 3.50. The fourth-order valence-corrected chi connectivity index (χ4v) is 2.36. The van der Waals surface area contributed by atoms with Crippen LogP contribution in [0.25, 0.3) is 0 Å². The van der Waals surface area contributed by atoms with Gasteiger partial charge in [0.25, 0.3) is 11.8 Å². The number of carbonyl (C=O) groups excluding carboxylic acids is 2. The van der Waals surface area contributed by atoms with Gasteiger partial charge < -0.3 is 5.11 Å². The molecule has 1 aromatic rings. The topological polar surface area (TPSA) is 57.6 Å². The molecule has 0 radical (unpaired) electrons. The lowest BCUT2D eigenvalue weighted by atomic mass is 9.89. The minimum atomic E-state index is -0.281. The first-order valence-electron chi connectivity index (χ1n) is 6.43.